The molecule has 0 spiro atoms. The first-order valence-corrected chi connectivity index (χ1v) is 10.7. The molecule has 10 heteroatoms. The van der Waals surface area contributed by atoms with Crippen LogP contribution in [0, 0.1) is 0 Å². The molecule has 0 atom stereocenters. The van der Waals surface area contributed by atoms with Gasteiger partial charge in [-0.1, -0.05) is 24.0 Å². The standard InChI is InChI=1S/C22H22N2O6S2/c1-28-15-6-4-14(5-7-15)23-19(25)8-9-24-21(27)18(32-22(24)31)12-13-10-16(29-2)20(26)17(11-13)30-3/h4-7,10-12,26H,8-9H2,1-3H3,(H,23,25)/b18-12-. The second kappa shape index (κ2) is 10.4. The van der Waals surface area contributed by atoms with Crippen molar-refractivity contribution >= 4 is 51.9 Å². The van der Waals surface area contributed by atoms with Gasteiger partial charge in [-0.15, -0.1) is 0 Å². The van der Waals surface area contributed by atoms with E-state index in [4.69, 9.17) is 26.4 Å². The zero-order valence-electron chi connectivity index (χ0n) is 17.7. The molecule has 2 aromatic carbocycles. The fourth-order valence-corrected chi connectivity index (χ4v) is 4.26. The van der Waals surface area contributed by atoms with E-state index in [1.807, 2.05) is 0 Å². The predicted octanol–water partition coefficient (Wildman–Crippen LogP) is 3.65. The number of nitrogens with one attached hydrogen (secondary N) is 1. The number of rotatable bonds is 8. The van der Waals surface area contributed by atoms with E-state index >= 15 is 0 Å². The summed E-state index contributed by atoms with van der Waals surface area (Å²) in [5, 5.41) is 12.8. The van der Waals surface area contributed by atoms with Crippen molar-refractivity contribution in [2.45, 2.75) is 6.42 Å². The first kappa shape index (κ1) is 23.4. The highest BCUT2D eigenvalue weighted by Gasteiger charge is 2.32. The molecule has 0 aliphatic carbocycles. The van der Waals surface area contributed by atoms with Crippen LogP contribution in [0.3, 0.4) is 0 Å². The van der Waals surface area contributed by atoms with Gasteiger partial charge in [-0.2, -0.15) is 0 Å². The number of hydrogen-bond donors (Lipinski definition) is 2. The SMILES string of the molecule is COc1ccc(NC(=O)CCN2C(=O)/C(=C/c3cc(OC)c(O)c(OC)c3)SC2=S)cc1. The Bertz CT molecular complexity index is 1040. The Balaban J connectivity index is 1.66. The summed E-state index contributed by atoms with van der Waals surface area (Å²) in [5.74, 6) is 0.491. The molecule has 1 aliphatic heterocycles. The van der Waals surface area contributed by atoms with E-state index in [0.29, 0.717) is 26.2 Å². The second-order valence-electron chi connectivity index (χ2n) is 6.63. The summed E-state index contributed by atoms with van der Waals surface area (Å²) in [7, 11) is 4.42. The molecule has 0 unspecified atom stereocenters. The molecule has 2 amide bonds. The van der Waals surface area contributed by atoms with Crippen molar-refractivity contribution < 1.29 is 28.9 Å². The van der Waals surface area contributed by atoms with Crippen LogP contribution in [0.2, 0.25) is 0 Å². The molecule has 0 aromatic heterocycles. The van der Waals surface area contributed by atoms with Gasteiger partial charge in [-0.3, -0.25) is 14.5 Å². The molecule has 2 N–H and O–H groups in total. The zero-order valence-corrected chi connectivity index (χ0v) is 19.3. The maximum Gasteiger partial charge on any atom is 0.266 e. The fraction of sp³-hybridized carbons (Fsp3) is 0.227. The van der Waals surface area contributed by atoms with E-state index in [-0.39, 0.29) is 42.0 Å². The molecule has 168 valence electrons. The largest absolute Gasteiger partial charge is 0.502 e. The van der Waals surface area contributed by atoms with E-state index < -0.39 is 0 Å². The van der Waals surface area contributed by atoms with Crippen molar-refractivity contribution in [3.8, 4) is 23.0 Å². The predicted molar refractivity (Wildman–Crippen MR) is 127 cm³/mol. The lowest BCUT2D eigenvalue weighted by atomic mass is 10.1. The summed E-state index contributed by atoms with van der Waals surface area (Å²) in [5.41, 5.74) is 1.24. The lowest BCUT2D eigenvalue weighted by Crippen LogP contribution is -2.31. The number of thioether (sulfide) groups is 1. The van der Waals surface area contributed by atoms with Gasteiger partial charge in [0.25, 0.3) is 5.91 Å². The van der Waals surface area contributed by atoms with Crippen LogP contribution in [0.1, 0.15) is 12.0 Å². The Morgan fingerprint density at radius 3 is 2.31 bits per heavy atom. The Kier molecular flexibility index (Phi) is 7.60. The molecular weight excluding hydrogens is 452 g/mol. The maximum atomic E-state index is 12.8. The summed E-state index contributed by atoms with van der Waals surface area (Å²) in [6.45, 7) is 0.159. The van der Waals surface area contributed by atoms with Gasteiger partial charge in [0.05, 0.1) is 26.2 Å². The van der Waals surface area contributed by atoms with Crippen molar-refractivity contribution in [1.82, 2.24) is 4.90 Å². The number of hydrogen-bond acceptors (Lipinski definition) is 8. The van der Waals surface area contributed by atoms with Gasteiger partial charge < -0.3 is 24.6 Å². The monoisotopic (exact) mass is 474 g/mol. The molecule has 0 bridgehead atoms. The molecule has 3 rings (SSSR count). The van der Waals surface area contributed by atoms with Crippen LogP contribution in [0.5, 0.6) is 23.0 Å². The number of anilines is 1. The van der Waals surface area contributed by atoms with Gasteiger partial charge in [0.15, 0.2) is 11.5 Å². The van der Waals surface area contributed by atoms with Crippen molar-refractivity contribution in [2.75, 3.05) is 33.2 Å². The average Bonchev–Trinajstić information content (AvgIpc) is 3.05. The number of thiocarbonyl (C=S) groups is 1. The van der Waals surface area contributed by atoms with Crippen LogP contribution >= 0.6 is 24.0 Å². The highest BCUT2D eigenvalue weighted by atomic mass is 32.2. The molecular formula is C22H22N2O6S2. The lowest BCUT2D eigenvalue weighted by Gasteiger charge is -2.14. The van der Waals surface area contributed by atoms with Gasteiger partial charge in [-0.05, 0) is 48.0 Å². The quantitative estimate of drug-likeness (QED) is 0.442. The lowest BCUT2D eigenvalue weighted by molar-refractivity contribution is -0.122. The van der Waals surface area contributed by atoms with E-state index in [2.05, 4.69) is 5.32 Å². The van der Waals surface area contributed by atoms with Gasteiger partial charge in [-0.25, -0.2) is 0 Å². The van der Waals surface area contributed by atoms with E-state index in [1.165, 1.54) is 19.1 Å². The molecule has 0 radical (unpaired) electrons. The average molecular weight is 475 g/mol. The minimum atomic E-state index is -0.289. The topological polar surface area (TPSA) is 97.3 Å². The van der Waals surface area contributed by atoms with Crippen LogP contribution in [0.25, 0.3) is 6.08 Å². The first-order chi connectivity index (χ1) is 15.4. The van der Waals surface area contributed by atoms with Gasteiger partial charge in [0.1, 0.15) is 10.1 Å². The molecule has 8 nitrogen and oxygen atoms in total. The third kappa shape index (κ3) is 5.32. The minimum Gasteiger partial charge on any atom is -0.502 e. The molecule has 1 fully saturated rings. The Morgan fingerprint density at radius 1 is 1.12 bits per heavy atom. The number of carbonyl (C=O) groups is 2. The highest BCUT2D eigenvalue weighted by Crippen LogP contribution is 2.39. The van der Waals surface area contributed by atoms with Crippen molar-refractivity contribution in [3.05, 3.63) is 46.9 Å². The van der Waals surface area contributed by atoms with Crippen LogP contribution in [-0.2, 0) is 9.59 Å². The number of benzene rings is 2. The number of aromatic hydroxyl groups is 1. The minimum absolute atomic E-state index is 0.0899. The molecule has 2 aromatic rings. The summed E-state index contributed by atoms with van der Waals surface area (Å²) < 4.78 is 15.8. The highest BCUT2D eigenvalue weighted by molar-refractivity contribution is 8.26. The number of ether oxygens (including phenoxy) is 3. The smallest absolute Gasteiger partial charge is 0.266 e. The number of amides is 2. The van der Waals surface area contributed by atoms with Crippen molar-refractivity contribution in [2.24, 2.45) is 0 Å². The number of carbonyl (C=O) groups excluding carboxylic acids is 2. The molecule has 1 aliphatic rings. The summed E-state index contributed by atoms with van der Waals surface area (Å²) in [4.78, 5) is 26.9. The third-order valence-corrected chi connectivity index (χ3v) is 5.99. The summed E-state index contributed by atoms with van der Waals surface area (Å²) >= 11 is 6.48. The van der Waals surface area contributed by atoms with Crippen LogP contribution in [-0.4, -0.2) is 54.0 Å². The zero-order chi connectivity index (χ0) is 23.3. The van der Waals surface area contributed by atoms with Crippen molar-refractivity contribution in [1.29, 1.82) is 0 Å². The molecule has 0 saturated carbocycles. The molecule has 32 heavy (non-hydrogen) atoms. The van der Waals surface area contributed by atoms with Gasteiger partial charge in [0.2, 0.25) is 11.7 Å². The molecule has 1 saturated heterocycles. The van der Waals surface area contributed by atoms with Gasteiger partial charge in [0, 0.05) is 18.7 Å². The van der Waals surface area contributed by atoms with Crippen LogP contribution in [0.4, 0.5) is 5.69 Å². The Labute approximate surface area is 195 Å². The van der Waals surface area contributed by atoms with E-state index in [0.717, 1.165) is 11.8 Å². The first-order valence-electron chi connectivity index (χ1n) is 9.50. The normalized spacial score (nSPS) is 14.6. The Morgan fingerprint density at radius 2 is 1.75 bits per heavy atom. The van der Waals surface area contributed by atoms with E-state index in [9.17, 15) is 14.7 Å². The Hall–Kier alpha value is -3.24. The summed E-state index contributed by atoms with van der Waals surface area (Å²) in [6, 6.07) is 10.1. The van der Waals surface area contributed by atoms with Gasteiger partial charge >= 0.3 is 0 Å². The molecule has 1 heterocycles. The summed E-state index contributed by atoms with van der Waals surface area (Å²) in [6.07, 6.45) is 1.73. The maximum absolute atomic E-state index is 12.8. The fourth-order valence-electron chi connectivity index (χ4n) is 2.95. The number of methoxy groups -OCH3 is 3. The number of phenols is 1. The van der Waals surface area contributed by atoms with Crippen molar-refractivity contribution in [3.63, 3.8) is 0 Å². The van der Waals surface area contributed by atoms with Crippen LogP contribution < -0.4 is 19.5 Å². The van der Waals surface area contributed by atoms with Crippen LogP contribution in [0.15, 0.2) is 41.3 Å². The number of nitrogens with zero attached hydrogens (tertiary/aromatic N) is 1. The number of phenolic OH excluding ortho intramolecular Hbond substituents is 1. The second-order valence-corrected chi connectivity index (χ2v) is 8.31. The third-order valence-electron chi connectivity index (χ3n) is 4.61. The van der Waals surface area contributed by atoms with E-state index in [1.54, 1.807) is 49.6 Å².